The van der Waals surface area contributed by atoms with Gasteiger partial charge in [0.25, 0.3) is 0 Å². The number of hydrogen-bond acceptors (Lipinski definition) is 5. The van der Waals surface area contributed by atoms with Gasteiger partial charge in [0.1, 0.15) is 10.2 Å². The Balaban J connectivity index is 0.000000548. The average Bonchev–Trinajstić information content (AvgIpc) is 2.82. The van der Waals surface area contributed by atoms with E-state index in [9.17, 15) is 14.0 Å². The molecule has 0 aliphatic heterocycles. The zero-order valence-electron chi connectivity index (χ0n) is 9.47. The highest BCUT2D eigenvalue weighted by Gasteiger charge is 2.30. The van der Waals surface area contributed by atoms with Gasteiger partial charge in [0.15, 0.2) is 4.39 Å². The first-order valence-electron chi connectivity index (χ1n) is 4.78. The second kappa shape index (κ2) is 6.42. The maximum atomic E-state index is 10.2. The molecule has 0 saturated heterocycles. The Labute approximate surface area is 92.6 Å². The van der Waals surface area contributed by atoms with Crippen molar-refractivity contribution in [3.8, 4) is 0 Å². The Kier molecular flexibility index (Phi) is 6.35. The maximum absolute atomic E-state index is 10.2. The highest BCUT2D eigenvalue weighted by Crippen LogP contribution is 2.08. The first-order chi connectivity index (χ1) is 6.74. The largest absolute Gasteiger partial charge is 0.181 e. The Morgan fingerprint density at radius 1 is 1.07 bits per heavy atom. The molecule has 0 N–H and O–H groups in total. The van der Waals surface area contributed by atoms with E-state index in [0.29, 0.717) is 0 Å². The van der Waals surface area contributed by atoms with Crippen LogP contribution in [0.5, 0.6) is 0 Å². The lowest BCUT2D eigenvalue weighted by Gasteiger charge is -2.25. The molecule has 0 amide bonds. The lowest BCUT2D eigenvalue weighted by Crippen LogP contribution is -2.64. The van der Waals surface area contributed by atoms with Gasteiger partial charge in [-0.15, -0.1) is 0 Å². The van der Waals surface area contributed by atoms with Crippen molar-refractivity contribution < 1.29 is 28.6 Å². The molecule has 6 heteroatoms. The van der Waals surface area contributed by atoms with E-state index in [0.717, 1.165) is 5.06 Å². The summed E-state index contributed by atoms with van der Waals surface area (Å²) >= 11 is 0. The number of allylic oxidation sites excluding steroid dienone is 2. The number of rotatable bonds is 4. The molecule has 1 rings (SSSR count). The van der Waals surface area contributed by atoms with Gasteiger partial charge in [-0.2, -0.15) is 14.0 Å². The van der Waals surface area contributed by atoms with E-state index < -0.39 is 10.2 Å². The lowest BCUT2D eigenvalue weighted by atomic mass is 10.3. The van der Waals surface area contributed by atoms with E-state index in [4.69, 9.17) is 0 Å². The first kappa shape index (κ1) is 14.8. The quantitative estimate of drug-likeness (QED) is 0.459. The van der Waals surface area contributed by atoms with E-state index in [1.807, 2.05) is 0 Å². The summed E-state index contributed by atoms with van der Waals surface area (Å²) in [6.07, 6.45) is 5.50. The van der Waals surface area contributed by atoms with Gasteiger partial charge in [-0.1, -0.05) is 12.2 Å². The third kappa shape index (κ3) is 10.1. The number of hydrogen-bond donors (Lipinski definition) is 0. The molecule has 0 heterocycles. The SMILES string of the molecule is C1=CC1.CC(C)N(O[Cl+3]([O-])([O-])[O-])C(C)C. The van der Waals surface area contributed by atoms with Crippen molar-refractivity contribution in [3.05, 3.63) is 12.2 Å². The molecule has 1 aliphatic rings. The van der Waals surface area contributed by atoms with E-state index in [2.05, 4.69) is 16.5 Å². The fourth-order valence-corrected chi connectivity index (χ4v) is 1.37. The molecule has 0 aromatic rings. The summed E-state index contributed by atoms with van der Waals surface area (Å²) < 4.78 is 34.8. The second-order valence-corrected chi connectivity index (χ2v) is 4.60. The van der Waals surface area contributed by atoms with Crippen LogP contribution in [0.1, 0.15) is 34.1 Å². The van der Waals surface area contributed by atoms with Crippen molar-refractivity contribution in [3.63, 3.8) is 0 Å². The number of hydroxylamine groups is 2. The molecule has 15 heavy (non-hydrogen) atoms. The topological polar surface area (TPSA) is 81.7 Å². The summed E-state index contributed by atoms with van der Waals surface area (Å²) in [5, 5.41) is 1.13. The van der Waals surface area contributed by atoms with Crippen LogP contribution in [0.25, 0.3) is 0 Å². The predicted octanol–water partition coefficient (Wildman–Crippen LogP) is -1.12. The molecule has 90 valence electrons. The van der Waals surface area contributed by atoms with Crippen molar-refractivity contribution in [2.45, 2.75) is 46.2 Å². The zero-order valence-corrected chi connectivity index (χ0v) is 10.2. The molecule has 0 fully saturated rings. The van der Waals surface area contributed by atoms with E-state index in [1.54, 1.807) is 27.7 Å². The molecule has 5 nitrogen and oxygen atoms in total. The summed E-state index contributed by atoms with van der Waals surface area (Å²) in [5.41, 5.74) is 0. The molecule has 0 aromatic carbocycles. The first-order valence-corrected chi connectivity index (χ1v) is 6.01. The number of halogens is 1. The average molecular weight is 240 g/mol. The smallest absolute Gasteiger partial charge is 0.179 e. The van der Waals surface area contributed by atoms with Crippen LogP contribution in [-0.4, -0.2) is 17.1 Å². The van der Waals surface area contributed by atoms with Gasteiger partial charge in [0, 0.05) is 12.1 Å². The summed E-state index contributed by atoms with van der Waals surface area (Å²) in [6.45, 7) is 6.95. The fourth-order valence-electron chi connectivity index (χ4n) is 0.853. The summed E-state index contributed by atoms with van der Waals surface area (Å²) in [7, 11) is -4.37. The van der Waals surface area contributed by atoms with Gasteiger partial charge in [-0.05, 0) is 39.2 Å². The Bertz CT molecular complexity index is 189. The zero-order chi connectivity index (χ0) is 12.1. The van der Waals surface area contributed by atoms with E-state index >= 15 is 0 Å². The van der Waals surface area contributed by atoms with Crippen LogP contribution in [0.15, 0.2) is 12.2 Å². The van der Waals surface area contributed by atoms with Gasteiger partial charge in [0.2, 0.25) is 0 Å². The Morgan fingerprint density at radius 2 is 1.40 bits per heavy atom. The minimum Gasteiger partial charge on any atom is -0.181 e. The third-order valence-corrected chi connectivity index (χ3v) is 1.75. The van der Waals surface area contributed by atoms with Gasteiger partial charge >= 0.3 is 0 Å². The highest BCUT2D eigenvalue weighted by atomic mass is 35.7. The minimum atomic E-state index is -4.37. The molecule has 0 atom stereocenters. The van der Waals surface area contributed by atoms with Gasteiger partial charge in [0.05, 0.1) is 0 Å². The van der Waals surface area contributed by atoms with Gasteiger partial charge in [-0.3, -0.25) is 0 Å². The Morgan fingerprint density at radius 3 is 1.47 bits per heavy atom. The van der Waals surface area contributed by atoms with Crippen LogP contribution in [0, 0.1) is 10.2 Å². The third-order valence-electron chi connectivity index (χ3n) is 1.42. The maximum Gasteiger partial charge on any atom is 0.179 e. The summed E-state index contributed by atoms with van der Waals surface area (Å²) in [4.78, 5) is 0. The van der Waals surface area contributed by atoms with Crippen molar-refractivity contribution in [1.29, 1.82) is 0 Å². The lowest BCUT2D eigenvalue weighted by molar-refractivity contribution is -1.93. The van der Waals surface area contributed by atoms with E-state index in [1.165, 1.54) is 6.42 Å². The van der Waals surface area contributed by atoms with Gasteiger partial charge < -0.3 is 0 Å². The van der Waals surface area contributed by atoms with Crippen LogP contribution < -0.4 is 14.0 Å². The standard InChI is InChI=1S/C6H14ClNO4.C3H4/c1-5(2)8(6(3)4)12-7(9,10)11;1-2-3-1/h5-6H,1-4H3;1-2H,3H2. The Hall–Kier alpha value is -0.170. The molecule has 1 aliphatic carbocycles. The van der Waals surface area contributed by atoms with Crippen molar-refractivity contribution in [1.82, 2.24) is 5.06 Å². The van der Waals surface area contributed by atoms with Crippen LogP contribution in [0.3, 0.4) is 0 Å². The molecule has 0 spiro atoms. The predicted molar refractivity (Wildman–Crippen MR) is 47.0 cm³/mol. The van der Waals surface area contributed by atoms with Crippen molar-refractivity contribution in [2.24, 2.45) is 0 Å². The second-order valence-electron chi connectivity index (χ2n) is 3.70. The van der Waals surface area contributed by atoms with Crippen LogP contribution in [0.2, 0.25) is 0 Å². The van der Waals surface area contributed by atoms with Crippen molar-refractivity contribution in [2.75, 3.05) is 0 Å². The monoisotopic (exact) mass is 239 g/mol. The fraction of sp³-hybridized carbons (Fsp3) is 0.778. The van der Waals surface area contributed by atoms with Crippen LogP contribution in [-0.2, 0) is 4.39 Å². The molecular formula is C9H18ClNO4. The summed E-state index contributed by atoms with van der Waals surface area (Å²) in [6, 6.07) is -0.303. The summed E-state index contributed by atoms with van der Waals surface area (Å²) in [5.74, 6) is 0. The van der Waals surface area contributed by atoms with Gasteiger partial charge in [-0.25, -0.2) is 0 Å². The normalized spacial score (nSPS) is 14.5. The molecule has 0 saturated carbocycles. The molecular weight excluding hydrogens is 222 g/mol. The minimum absolute atomic E-state index is 0.152. The van der Waals surface area contributed by atoms with Crippen LogP contribution in [0.4, 0.5) is 0 Å². The van der Waals surface area contributed by atoms with E-state index in [-0.39, 0.29) is 12.1 Å². The van der Waals surface area contributed by atoms with Crippen molar-refractivity contribution >= 4 is 0 Å². The van der Waals surface area contributed by atoms with Crippen LogP contribution >= 0.6 is 0 Å². The molecule has 0 aromatic heterocycles. The molecule has 0 radical (unpaired) electrons. The molecule has 0 bridgehead atoms. The highest BCUT2D eigenvalue weighted by molar-refractivity contribution is 5.02. The molecule has 0 unspecified atom stereocenters. The number of nitrogens with zero attached hydrogens (tertiary/aromatic N) is 1.